The number of carbonyl (C=O) groups excluding carboxylic acids is 3. The Balaban J connectivity index is 1.50. The van der Waals surface area contributed by atoms with Crippen molar-refractivity contribution in [3.8, 4) is 11.5 Å². The van der Waals surface area contributed by atoms with Crippen LogP contribution in [0.15, 0.2) is 54.6 Å². The van der Waals surface area contributed by atoms with Crippen LogP contribution in [0.1, 0.15) is 31.1 Å². The molecule has 1 aliphatic rings. The van der Waals surface area contributed by atoms with Crippen molar-refractivity contribution in [2.24, 2.45) is 0 Å². The molecule has 35 heavy (non-hydrogen) atoms. The van der Waals surface area contributed by atoms with E-state index in [1.807, 2.05) is 0 Å². The van der Waals surface area contributed by atoms with Crippen LogP contribution in [0.4, 0.5) is 11.4 Å². The number of methoxy groups -OCH3 is 2. The second-order valence-corrected chi connectivity index (χ2v) is 8.48. The molecule has 0 aromatic heterocycles. The maximum absolute atomic E-state index is 12.8. The van der Waals surface area contributed by atoms with E-state index >= 15 is 0 Å². The van der Waals surface area contributed by atoms with Gasteiger partial charge in [0.15, 0.2) is 10.9 Å². The highest BCUT2D eigenvalue weighted by molar-refractivity contribution is 7.80. The van der Waals surface area contributed by atoms with E-state index in [0.29, 0.717) is 16.8 Å². The molecule has 0 saturated carbocycles. The first kappa shape index (κ1) is 24.5. The van der Waals surface area contributed by atoms with Gasteiger partial charge in [0.2, 0.25) is 0 Å². The SMILES string of the molecule is COc1cc(NC(=S)NC(=O)c2cc(Cl)c(OC)c(Cl)c2)ccc1N1C(=O)c2ccccc2C1=O. The number of hydrogen-bond donors (Lipinski definition) is 2. The average molecular weight is 530 g/mol. The molecular weight excluding hydrogens is 513 g/mol. The molecule has 0 fully saturated rings. The predicted molar refractivity (Wildman–Crippen MR) is 137 cm³/mol. The van der Waals surface area contributed by atoms with Crippen LogP contribution in [0.25, 0.3) is 0 Å². The van der Waals surface area contributed by atoms with E-state index < -0.39 is 17.7 Å². The number of amides is 3. The first-order valence-corrected chi connectivity index (χ1v) is 11.2. The maximum atomic E-state index is 12.8. The minimum atomic E-state index is -0.538. The molecular formula is C24H17Cl2N3O5S. The van der Waals surface area contributed by atoms with Gasteiger partial charge in [-0.3, -0.25) is 19.7 Å². The number of halogens is 2. The highest BCUT2D eigenvalue weighted by atomic mass is 35.5. The summed E-state index contributed by atoms with van der Waals surface area (Å²) in [5.74, 6) is -0.903. The van der Waals surface area contributed by atoms with Crippen LogP contribution in [0.5, 0.6) is 11.5 Å². The monoisotopic (exact) mass is 529 g/mol. The summed E-state index contributed by atoms with van der Waals surface area (Å²) >= 11 is 17.4. The Morgan fingerprint density at radius 3 is 2.06 bits per heavy atom. The van der Waals surface area contributed by atoms with Crippen molar-refractivity contribution in [2.75, 3.05) is 24.4 Å². The maximum Gasteiger partial charge on any atom is 0.266 e. The van der Waals surface area contributed by atoms with Crippen LogP contribution in [0.3, 0.4) is 0 Å². The Kier molecular flexibility index (Phi) is 6.93. The van der Waals surface area contributed by atoms with E-state index in [4.69, 9.17) is 44.9 Å². The fourth-order valence-corrected chi connectivity index (χ4v) is 4.42. The summed E-state index contributed by atoms with van der Waals surface area (Å²) in [6, 6.07) is 14.1. The standard InChI is InChI=1S/C24H17Cl2N3O5S/c1-33-19-11-13(7-8-18(19)29-22(31)14-5-3-4-6-15(14)23(29)32)27-24(35)28-21(30)12-9-16(25)20(34-2)17(26)10-12/h3-11H,1-2H3,(H2,27,28,30,35). The van der Waals surface area contributed by atoms with E-state index in [0.717, 1.165) is 4.90 Å². The van der Waals surface area contributed by atoms with Crippen LogP contribution in [-0.4, -0.2) is 37.1 Å². The number of ether oxygens (including phenoxy) is 2. The van der Waals surface area contributed by atoms with Gasteiger partial charge in [-0.2, -0.15) is 0 Å². The zero-order valence-corrected chi connectivity index (χ0v) is 20.7. The van der Waals surface area contributed by atoms with Gasteiger partial charge in [-0.25, -0.2) is 4.90 Å². The fourth-order valence-electron chi connectivity index (χ4n) is 3.57. The first-order chi connectivity index (χ1) is 16.7. The number of imide groups is 1. The fraction of sp³-hybridized carbons (Fsp3) is 0.0833. The first-order valence-electron chi connectivity index (χ1n) is 10.1. The number of fused-ring (bicyclic) bond motifs is 1. The summed E-state index contributed by atoms with van der Waals surface area (Å²) in [7, 11) is 2.83. The molecule has 11 heteroatoms. The number of anilines is 2. The summed E-state index contributed by atoms with van der Waals surface area (Å²) < 4.78 is 10.5. The summed E-state index contributed by atoms with van der Waals surface area (Å²) in [6.45, 7) is 0. The van der Waals surface area contributed by atoms with Crippen molar-refractivity contribution in [3.63, 3.8) is 0 Å². The van der Waals surface area contributed by atoms with Crippen LogP contribution < -0.4 is 25.0 Å². The van der Waals surface area contributed by atoms with Crippen LogP contribution in [0, 0.1) is 0 Å². The second-order valence-electron chi connectivity index (χ2n) is 7.26. The smallest absolute Gasteiger partial charge is 0.266 e. The Hall–Kier alpha value is -3.66. The van der Waals surface area contributed by atoms with E-state index in [2.05, 4.69) is 10.6 Å². The molecule has 3 aromatic rings. The predicted octanol–water partition coefficient (Wildman–Crippen LogP) is 4.94. The summed E-state index contributed by atoms with van der Waals surface area (Å²) in [6.07, 6.45) is 0. The van der Waals surface area contributed by atoms with Crippen molar-refractivity contribution in [1.82, 2.24) is 5.32 Å². The molecule has 3 aromatic carbocycles. The molecule has 0 saturated heterocycles. The molecule has 0 aliphatic carbocycles. The Morgan fingerprint density at radius 2 is 1.51 bits per heavy atom. The normalized spacial score (nSPS) is 12.3. The van der Waals surface area contributed by atoms with E-state index in [9.17, 15) is 14.4 Å². The number of thiocarbonyl (C=S) groups is 1. The zero-order chi connectivity index (χ0) is 25.3. The van der Waals surface area contributed by atoms with Gasteiger partial charge < -0.3 is 14.8 Å². The lowest BCUT2D eigenvalue weighted by molar-refractivity contribution is 0.0922. The van der Waals surface area contributed by atoms with Gasteiger partial charge in [0, 0.05) is 17.3 Å². The molecule has 0 atom stereocenters. The molecule has 178 valence electrons. The van der Waals surface area contributed by atoms with Gasteiger partial charge in [0.1, 0.15) is 5.75 Å². The van der Waals surface area contributed by atoms with Crippen LogP contribution in [0.2, 0.25) is 10.0 Å². The molecule has 1 heterocycles. The van der Waals surface area contributed by atoms with Crippen LogP contribution in [-0.2, 0) is 0 Å². The van der Waals surface area contributed by atoms with Crippen molar-refractivity contribution < 1.29 is 23.9 Å². The number of nitrogens with zero attached hydrogens (tertiary/aromatic N) is 1. The van der Waals surface area contributed by atoms with Crippen molar-refractivity contribution >= 4 is 69.6 Å². The minimum absolute atomic E-state index is 0.00593. The lowest BCUT2D eigenvalue weighted by Gasteiger charge is -2.19. The van der Waals surface area contributed by atoms with Gasteiger partial charge >= 0.3 is 0 Å². The topological polar surface area (TPSA) is 97.0 Å². The molecule has 8 nitrogen and oxygen atoms in total. The Morgan fingerprint density at radius 1 is 0.914 bits per heavy atom. The van der Waals surface area contributed by atoms with Crippen molar-refractivity contribution in [1.29, 1.82) is 0 Å². The second kappa shape index (κ2) is 9.91. The summed E-state index contributed by atoms with van der Waals surface area (Å²) in [5.41, 5.74) is 1.57. The van der Waals surface area contributed by atoms with E-state index in [1.54, 1.807) is 42.5 Å². The molecule has 0 bridgehead atoms. The highest BCUT2D eigenvalue weighted by Crippen LogP contribution is 2.37. The van der Waals surface area contributed by atoms with Crippen molar-refractivity contribution in [2.45, 2.75) is 0 Å². The number of carbonyl (C=O) groups is 3. The third-order valence-corrected chi connectivity index (χ3v) is 5.93. The zero-order valence-electron chi connectivity index (χ0n) is 18.3. The molecule has 1 aliphatic heterocycles. The number of hydrogen-bond acceptors (Lipinski definition) is 6. The largest absolute Gasteiger partial charge is 0.494 e. The number of benzene rings is 3. The van der Waals surface area contributed by atoms with E-state index in [-0.39, 0.29) is 37.9 Å². The molecule has 0 unspecified atom stereocenters. The number of rotatable bonds is 5. The molecule has 0 radical (unpaired) electrons. The minimum Gasteiger partial charge on any atom is -0.494 e. The Bertz CT molecular complexity index is 1340. The van der Waals surface area contributed by atoms with Gasteiger partial charge in [-0.1, -0.05) is 35.3 Å². The summed E-state index contributed by atoms with van der Waals surface area (Å²) in [4.78, 5) is 39.3. The third-order valence-electron chi connectivity index (χ3n) is 5.16. The van der Waals surface area contributed by atoms with Gasteiger partial charge in [-0.05, 0) is 48.6 Å². The quantitative estimate of drug-likeness (QED) is 0.357. The van der Waals surface area contributed by atoms with Gasteiger partial charge in [-0.15, -0.1) is 0 Å². The lowest BCUT2D eigenvalue weighted by Crippen LogP contribution is -2.34. The number of nitrogens with one attached hydrogen (secondary N) is 2. The third kappa shape index (κ3) is 4.66. The molecule has 2 N–H and O–H groups in total. The lowest BCUT2D eigenvalue weighted by atomic mass is 10.1. The van der Waals surface area contributed by atoms with Gasteiger partial charge in [0.05, 0.1) is 41.1 Å². The molecule has 4 rings (SSSR count). The summed E-state index contributed by atoms with van der Waals surface area (Å²) in [5, 5.41) is 5.75. The highest BCUT2D eigenvalue weighted by Gasteiger charge is 2.37. The van der Waals surface area contributed by atoms with Crippen molar-refractivity contribution in [3.05, 3.63) is 81.3 Å². The van der Waals surface area contributed by atoms with E-state index in [1.165, 1.54) is 26.4 Å². The average Bonchev–Trinajstić information content (AvgIpc) is 3.08. The van der Waals surface area contributed by atoms with Gasteiger partial charge in [0.25, 0.3) is 17.7 Å². The molecule has 3 amide bonds. The van der Waals surface area contributed by atoms with Crippen LogP contribution >= 0.6 is 35.4 Å². The molecule has 0 spiro atoms. The Labute approximate surface area is 215 Å².